The molecule has 1 amide bonds. The Morgan fingerprint density at radius 3 is 2.77 bits per heavy atom. The first-order chi connectivity index (χ1) is 12.7. The molecule has 2 aromatic heterocycles. The smallest absolute Gasteiger partial charge is 0.316 e. The molecule has 0 aliphatic carbocycles. The van der Waals surface area contributed by atoms with Crippen LogP contribution in [0, 0.1) is 0 Å². The molecule has 7 heteroatoms. The van der Waals surface area contributed by atoms with Gasteiger partial charge in [0, 0.05) is 4.47 Å². The van der Waals surface area contributed by atoms with Gasteiger partial charge >= 0.3 is 5.91 Å². The second-order valence-electron chi connectivity index (χ2n) is 5.36. The molecule has 0 unspecified atom stereocenters. The van der Waals surface area contributed by atoms with Gasteiger partial charge in [0.25, 0.3) is 0 Å². The largest absolute Gasteiger partial charge is 0.459 e. The fourth-order valence-electron chi connectivity index (χ4n) is 2.33. The molecule has 0 spiro atoms. The summed E-state index contributed by atoms with van der Waals surface area (Å²) in [6.45, 7) is 0. The Morgan fingerprint density at radius 2 is 2.00 bits per heavy atom. The van der Waals surface area contributed by atoms with E-state index in [4.69, 9.17) is 4.42 Å². The number of hydrogen-bond donors (Lipinski definition) is 0. The van der Waals surface area contributed by atoms with Crippen LogP contribution in [0.15, 0.2) is 80.9 Å². The molecule has 5 nitrogen and oxygen atoms in total. The van der Waals surface area contributed by atoms with Gasteiger partial charge in [-0.25, -0.2) is 4.98 Å². The molecule has 2 heterocycles. The van der Waals surface area contributed by atoms with E-state index in [2.05, 4.69) is 26.0 Å². The standard InChI is InChI=1S/C19H12BrN3O2S/c20-14-8-9-15-17(11-14)26-19(22-15)23(18(24)16-7-4-10-25-16)21-12-13-5-2-1-3-6-13/h1-12H/b21-12+. The third kappa shape index (κ3) is 3.44. The quantitative estimate of drug-likeness (QED) is 0.327. The molecule has 0 fully saturated rings. The third-order valence-electron chi connectivity index (χ3n) is 3.57. The highest BCUT2D eigenvalue weighted by atomic mass is 79.9. The predicted octanol–water partition coefficient (Wildman–Crippen LogP) is 5.33. The van der Waals surface area contributed by atoms with Crippen LogP contribution < -0.4 is 5.01 Å². The first-order valence-corrected chi connectivity index (χ1v) is 9.35. The molecule has 0 saturated carbocycles. The van der Waals surface area contributed by atoms with E-state index in [1.807, 2.05) is 48.5 Å². The summed E-state index contributed by atoms with van der Waals surface area (Å²) in [6.07, 6.45) is 3.09. The average molecular weight is 426 g/mol. The Balaban J connectivity index is 1.76. The Hall–Kier alpha value is -2.77. The van der Waals surface area contributed by atoms with Crippen molar-refractivity contribution in [3.05, 3.63) is 82.7 Å². The minimum Gasteiger partial charge on any atom is -0.459 e. The minimum atomic E-state index is -0.375. The van der Waals surface area contributed by atoms with Crippen LogP contribution in [-0.2, 0) is 0 Å². The van der Waals surface area contributed by atoms with Crippen molar-refractivity contribution in [2.45, 2.75) is 0 Å². The Kier molecular flexibility index (Phi) is 4.64. The second kappa shape index (κ2) is 7.23. The van der Waals surface area contributed by atoms with Crippen LogP contribution in [0.25, 0.3) is 10.2 Å². The van der Waals surface area contributed by atoms with E-state index >= 15 is 0 Å². The highest BCUT2D eigenvalue weighted by Crippen LogP contribution is 2.31. The zero-order chi connectivity index (χ0) is 17.9. The topological polar surface area (TPSA) is 58.7 Å². The number of hydrogen-bond acceptors (Lipinski definition) is 5. The number of aromatic nitrogens is 1. The highest BCUT2D eigenvalue weighted by Gasteiger charge is 2.23. The van der Waals surface area contributed by atoms with Gasteiger partial charge in [0.15, 0.2) is 5.76 Å². The number of anilines is 1. The maximum absolute atomic E-state index is 12.8. The van der Waals surface area contributed by atoms with Crippen LogP contribution in [0.3, 0.4) is 0 Å². The first kappa shape index (κ1) is 16.7. The van der Waals surface area contributed by atoms with Crippen LogP contribution in [0.4, 0.5) is 5.13 Å². The van der Waals surface area contributed by atoms with Crippen molar-refractivity contribution < 1.29 is 9.21 Å². The van der Waals surface area contributed by atoms with Crippen molar-refractivity contribution in [3.63, 3.8) is 0 Å². The van der Waals surface area contributed by atoms with E-state index in [-0.39, 0.29) is 11.7 Å². The van der Waals surface area contributed by atoms with E-state index in [1.54, 1.807) is 18.3 Å². The fourth-order valence-corrected chi connectivity index (χ4v) is 3.81. The van der Waals surface area contributed by atoms with Crippen LogP contribution in [0.1, 0.15) is 16.1 Å². The third-order valence-corrected chi connectivity index (χ3v) is 5.05. The average Bonchev–Trinajstić information content (AvgIpc) is 3.32. The van der Waals surface area contributed by atoms with E-state index in [0.29, 0.717) is 5.13 Å². The number of rotatable bonds is 4. The van der Waals surface area contributed by atoms with Gasteiger partial charge in [-0.2, -0.15) is 10.1 Å². The van der Waals surface area contributed by atoms with Gasteiger partial charge in [0.1, 0.15) is 0 Å². The number of nitrogens with zero attached hydrogens (tertiary/aromatic N) is 3. The Labute approximate surface area is 161 Å². The Morgan fingerprint density at radius 1 is 1.15 bits per heavy atom. The van der Waals surface area contributed by atoms with Crippen LogP contribution in [0.5, 0.6) is 0 Å². The lowest BCUT2D eigenvalue weighted by Crippen LogP contribution is -2.25. The lowest BCUT2D eigenvalue weighted by molar-refractivity contribution is 0.0961. The molecule has 0 aliphatic heterocycles. The van der Waals surface area contributed by atoms with Crippen LogP contribution in [0.2, 0.25) is 0 Å². The molecule has 4 rings (SSSR count). The van der Waals surface area contributed by atoms with Gasteiger partial charge in [0.05, 0.1) is 22.7 Å². The molecule has 0 atom stereocenters. The summed E-state index contributed by atoms with van der Waals surface area (Å²) in [4.78, 5) is 17.4. The molecule has 0 aliphatic rings. The number of carbonyl (C=O) groups excluding carboxylic acids is 1. The number of thiazole rings is 1. The van der Waals surface area contributed by atoms with E-state index in [9.17, 15) is 4.79 Å². The van der Waals surface area contributed by atoms with Gasteiger partial charge in [-0.3, -0.25) is 4.79 Å². The predicted molar refractivity (Wildman–Crippen MR) is 107 cm³/mol. The zero-order valence-corrected chi connectivity index (χ0v) is 15.8. The van der Waals surface area contributed by atoms with Gasteiger partial charge < -0.3 is 4.42 Å². The number of halogens is 1. The normalized spacial score (nSPS) is 11.3. The van der Waals surface area contributed by atoms with E-state index in [0.717, 1.165) is 20.3 Å². The first-order valence-electron chi connectivity index (χ1n) is 7.74. The maximum atomic E-state index is 12.8. The lowest BCUT2D eigenvalue weighted by atomic mass is 10.2. The highest BCUT2D eigenvalue weighted by molar-refractivity contribution is 9.10. The van der Waals surface area contributed by atoms with E-state index in [1.165, 1.54) is 22.6 Å². The maximum Gasteiger partial charge on any atom is 0.316 e. The molecule has 0 saturated heterocycles. The number of furan rings is 1. The fraction of sp³-hybridized carbons (Fsp3) is 0. The van der Waals surface area contributed by atoms with Crippen molar-refractivity contribution in [2.24, 2.45) is 5.10 Å². The molecular weight excluding hydrogens is 414 g/mol. The number of hydrazone groups is 1. The monoisotopic (exact) mass is 425 g/mol. The number of benzene rings is 2. The molecule has 128 valence electrons. The summed E-state index contributed by atoms with van der Waals surface area (Å²) in [7, 11) is 0. The lowest BCUT2D eigenvalue weighted by Gasteiger charge is -2.11. The van der Waals surface area contributed by atoms with Crippen molar-refractivity contribution in [1.82, 2.24) is 4.98 Å². The second-order valence-corrected chi connectivity index (χ2v) is 7.28. The van der Waals surface area contributed by atoms with Gasteiger partial charge in [-0.05, 0) is 35.9 Å². The van der Waals surface area contributed by atoms with Gasteiger partial charge in [-0.1, -0.05) is 57.6 Å². The van der Waals surface area contributed by atoms with Crippen LogP contribution >= 0.6 is 27.3 Å². The van der Waals surface area contributed by atoms with Gasteiger partial charge in [-0.15, -0.1) is 0 Å². The summed E-state index contributed by atoms with van der Waals surface area (Å²) in [6, 6.07) is 18.6. The number of carbonyl (C=O) groups is 1. The molecule has 0 bridgehead atoms. The molecule has 26 heavy (non-hydrogen) atoms. The van der Waals surface area contributed by atoms with E-state index < -0.39 is 0 Å². The summed E-state index contributed by atoms with van der Waals surface area (Å²) < 4.78 is 7.16. The minimum absolute atomic E-state index is 0.204. The SMILES string of the molecule is O=C(c1ccco1)N(/N=C/c1ccccc1)c1nc2ccc(Br)cc2s1. The molecule has 0 N–H and O–H groups in total. The zero-order valence-electron chi connectivity index (χ0n) is 13.4. The van der Waals surface area contributed by atoms with Crippen molar-refractivity contribution in [2.75, 3.05) is 5.01 Å². The number of fused-ring (bicyclic) bond motifs is 1. The van der Waals surface area contributed by atoms with Gasteiger partial charge in [0.2, 0.25) is 5.13 Å². The molecular formula is C19H12BrN3O2S. The van der Waals surface area contributed by atoms with Crippen molar-refractivity contribution >= 4 is 54.7 Å². The van der Waals surface area contributed by atoms with Crippen molar-refractivity contribution in [3.8, 4) is 0 Å². The molecule has 4 aromatic rings. The number of amides is 1. The summed E-state index contributed by atoms with van der Waals surface area (Å²) in [5.74, 6) is -0.170. The van der Waals surface area contributed by atoms with Crippen molar-refractivity contribution in [1.29, 1.82) is 0 Å². The Bertz CT molecular complexity index is 1070. The molecule has 0 radical (unpaired) electrons. The summed E-state index contributed by atoms with van der Waals surface area (Å²) in [5.41, 5.74) is 1.69. The summed E-state index contributed by atoms with van der Waals surface area (Å²) in [5, 5.41) is 6.12. The summed E-state index contributed by atoms with van der Waals surface area (Å²) >= 11 is 4.84. The van der Waals surface area contributed by atoms with Crippen LogP contribution in [-0.4, -0.2) is 17.1 Å². The molecule has 2 aromatic carbocycles.